The molecule has 0 aliphatic rings. The summed E-state index contributed by atoms with van der Waals surface area (Å²) in [6.07, 6.45) is 0. The van der Waals surface area contributed by atoms with Gasteiger partial charge in [0.05, 0.1) is 24.1 Å². The van der Waals surface area contributed by atoms with E-state index in [1.807, 2.05) is 0 Å². The zero-order valence-corrected chi connectivity index (χ0v) is 16.2. The molecule has 0 bridgehead atoms. The van der Waals surface area contributed by atoms with E-state index in [-0.39, 0.29) is 21.3 Å². The number of carbonyl (C=O) groups is 1. The molecule has 2 N–H and O–H groups in total. The van der Waals surface area contributed by atoms with Gasteiger partial charge in [-0.15, -0.1) is 8.42 Å². The highest BCUT2D eigenvalue weighted by Crippen LogP contribution is 2.31. The second-order valence-corrected chi connectivity index (χ2v) is 8.60. The molecule has 0 spiro atoms. The van der Waals surface area contributed by atoms with E-state index in [4.69, 9.17) is 34.8 Å². The summed E-state index contributed by atoms with van der Waals surface area (Å²) < 4.78 is 31.9. The van der Waals surface area contributed by atoms with Gasteiger partial charge in [0.1, 0.15) is 5.56 Å². The quantitative estimate of drug-likeness (QED) is 0.567. The van der Waals surface area contributed by atoms with E-state index in [0.29, 0.717) is 10.7 Å². The van der Waals surface area contributed by atoms with Gasteiger partial charge in [0.15, 0.2) is 5.69 Å². The van der Waals surface area contributed by atoms with Gasteiger partial charge in [-0.05, 0) is 30.3 Å². The van der Waals surface area contributed by atoms with Crippen LogP contribution < -0.4 is 9.21 Å². The van der Waals surface area contributed by atoms with Crippen molar-refractivity contribution in [3.63, 3.8) is 0 Å². The van der Waals surface area contributed by atoms with E-state index < -0.39 is 20.1 Å². The van der Waals surface area contributed by atoms with E-state index >= 15 is 0 Å². The summed E-state index contributed by atoms with van der Waals surface area (Å²) in [4.78, 5) is 12.6. The Morgan fingerprint density at radius 2 is 1.68 bits per heavy atom. The molecule has 0 atom stereocenters. The maximum Gasteiger partial charge on any atom is 0.437 e. The number of nitrogens with one attached hydrogen (secondary N) is 1. The van der Waals surface area contributed by atoms with Crippen molar-refractivity contribution in [2.45, 2.75) is 0 Å². The Morgan fingerprint density at radius 3 is 2.24 bits per heavy atom. The molecule has 2 aromatic rings. The lowest BCUT2D eigenvalue weighted by Gasteiger charge is -2.26. The van der Waals surface area contributed by atoms with Gasteiger partial charge in [-0.3, -0.25) is 4.79 Å². The van der Waals surface area contributed by atoms with Crippen LogP contribution in [0.3, 0.4) is 0 Å². The number of hydrogen-bond acceptors (Lipinski definition) is 3. The third-order valence-corrected chi connectivity index (χ3v) is 5.86. The molecule has 25 heavy (non-hydrogen) atoms. The lowest BCUT2D eigenvalue weighted by atomic mass is 10.1. The van der Waals surface area contributed by atoms with Crippen molar-refractivity contribution in [1.29, 1.82) is 0 Å². The van der Waals surface area contributed by atoms with Crippen molar-refractivity contribution < 1.29 is 17.8 Å². The number of nitrogens with zero attached hydrogens (tertiary/aromatic N) is 1. The summed E-state index contributed by atoms with van der Waals surface area (Å²) in [7, 11) is -2.11. The lowest BCUT2D eigenvalue weighted by molar-refractivity contribution is 0.102. The second kappa shape index (κ2) is 7.11. The first-order valence-corrected chi connectivity index (χ1v) is 9.34. The molecule has 0 unspecified atom stereocenters. The fourth-order valence-electron chi connectivity index (χ4n) is 2.04. The van der Waals surface area contributed by atoms with Crippen molar-refractivity contribution in [1.82, 2.24) is 3.89 Å². The summed E-state index contributed by atoms with van der Waals surface area (Å²) in [5.74, 6) is -0.597. The van der Waals surface area contributed by atoms with Crippen LogP contribution in [0.25, 0.3) is 0 Å². The van der Waals surface area contributed by atoms with Crippen molar-refractivity contribution in [2.24, 2.45) is 0 Å². The first-order chi connectivity index (χ1) is 11.4. The number of benzene rings is 2. The number of quaternary nitrogens is 1. The Hall–Kier alpha value is -1.35. The minimum atomic E-state index is -4.55. The Morgan fingerprint density at radius 1 is 1.04 bits per heavy atom. The Kier molecular flexibility index (Phi) is 5.68. The standard InChI is InChI=1S/C15H13Cl3N2O4S/c1-20(2,25(22,23)24)14-7-9(16)3-5-11(14)15(21)19-10-4-6-12(17)13(18)8-10/h3-8H,1-2H3,(H-,19,21,22,23,24)/p+1. The van der Waals surface area contributed by atoms with E-state index in [1.165, 1.54) is 44.4 Å². The largest absolute Gasteiger partial charge is 0.437 e. The highest BCUT2D eigenvalue weighted by molar-refractivity contribution is 7.85. The summed E-state index contributed by atoms with van der Waals surface area (Å²) in [5, 5.41) is 3.40. The van der Waals surface area contributed by atoms with Gasteiger partial charge in [-0.2, -0.15) is 3.89 Å². The predicted molar refractivity (Wildman–Crippen MR) is 101 cm³/mol. The Balaban J connectivity index is 2.48. The van der Waals surface area contributed by atoms with Crippen molar-refractivity contribution in [3.05, 3.63) is 57.0 Å². The number of carbonyl (C=O) groups excluding carboxylic acids is 1. The van der Waals surface area contributed by atoms with Gasteiger partial charge in [0, 0.05) is 16.8 Å². The molecule has 0 saturated carbocycles. The third kappa shape index (κ3) is 4.25. The molecule has 2 rings (SSSR count). The smallest absolute Gasteiger partial charge is 0.322 e. The summed E-state index contributed by atoms with van der Waals surface area (Å²) >= 11 is 17.7. The maximum atomic E-state index is 12.6. The average molecular weight is 425 g/mol. The predicted octanol–water partition coefficient (Wildman–Crippen LogP) is 4.27. The Bertz CT molecular complexity index is 946. The normalized spacial score (nSPS) is 12.1. The van der Waals surface area contributed by atoms with Crippen LogP contribution in [0.4, 0.5) is 11.4 Å². The number of rotatable bonds is 4. The minimum absolute atomic E-state index is 0.00700. The molecule has 0 saturated heterocycles. The van der Waals surface area contributed by atoms with Gasteiger partial charge in [0.25, 0.3) is 5.91 Å². The van der Waals surface area contributed by atoms with Crippen LogP contribution in [-0.4, -0.2) is 33.0 Å². The number of anilines is 1. The Labute approximate surface area is 160 Å². The zero-order valence-electron chi connectivity index (χ0n) is 13.1. The van der Waals surface area contributed by atoms with Crippen molar-refractivity contribution in [2.75, 3.05) is 19.4 Å². The maximum absolute atomic E-state index is 12.6. The first-order valence-electron chi connectivity index (χ1n) is 6.81. The molecule has 6 nitrogen and oxygen atoms in total. The number of hydrogen-bond donors (Lipinski definition) is 2. The van der Waals surface area contributed by atoms with Crippen LogP contribution in [-0.2, 0) is 10.3 Å². The molecule has 0 heterocycles. The highest BCUT2D eigenvalue weighted by Gasteiger charge is 2.37. The van der Waals surface area contributed by atoms with Crippen LogP contribution in [0.2, 0.25) is 15.1 Å². The van der Waals surface area contributed by atoms with Gasteiger partial charge >= 0.3 is 10.3 Å². The van der Waals surface area contributed by atoms with Crippen LogP contribution in [0.1, 0.15) is 10.4 Å². The van der Waals surface area contributed by atoms with E-state index in [9.17, 15) is 17.8 Å². The average Bonchev–Trinajstić information content (AvgIpc) is 2.49. The molecule has 1 amide bonds. The fourth-order valence-corrected chi connectivity index (χ4v) is 2.90. The third-order valence-electron chi connectivity index (χ3n) is 3.54. The summed E-state index contributed by atoms with van der Waals surface area (Å²) in [6.45, 7) is 0. The highest BCUT2D eigenvalue weighted by atomic mass is 35.5. The van der Waals surface area contributed by atoms with Gasteiger partial charge in [0.2, 0.25) is 0 Å². The van der Waals surface area contributed by atoms with Gasteiger partial charge < -0.3 is 5.32 Å². The molecule has 2 aromatic carbocycles. The fraction of sp³-hybridized carbons (Fsp3) is 0.133. The molecule has 10 heteroatoms. The lowest BCUT2D eigenvalue weighted by Crippen LogP contribution is -2.47. The molecular weight excluding hydrogens is 411 g/mol. The molecule has 0 radical (unpaired) electrons. The van der Waals surface area contributed by atoms with E-state index in [0.717, 1.165) is 0 Å². The zero-order chi connectivity index (χ0) is 19.0. The van der Waals surface area contributed by atoms with Crippen molar-refractivity contribution >= 4 is 62.4 Å². The molecule has 0 fully saturated rings. The number of amides is 1. The molecule has 0 aromatic heterocycles. The van der Waals surface area contributed by atoms with E-state index in [1.54, 1.807) is 6.07 Å². The molecule has 0 aliphatic carbocycles. The topological polar surface area (TPSA) is 83.5 Å². The van der Waals surface area contributed by atoms with Crippen LogP contribution in [0, 0.1) is 0 Å². The summed E-state index contributed by atoms with van der Waals surface area (Å²) in [6, 6.07) is 8.64. The van der Waals surface area contributed by atoms with Gasteiger partial charge in [-0.1, -0.05) is 34.8 Å². The van der Waals surface area contributed by atoms with Crippen LogP contribution in [0.5, 0.6) is 0 Å². The van der Waals surface area contributed by atoms with E-state index in [2.05, 4.69) is 5.32 Å². The molecule has 0 aliphatic heterocycles. The van der Waals surface area contributed by atoms with Gasteiger partial charge in [-0.25, -0.2) is 4.55 Å². The first kappa shape index (κ1) is 20.0. The SMILES string of the molecule is C[N+](C)(c1cc(Cl)ccc1C(=O)Nc1ccc(Cl)c(Cl)c1)S(=O)(=O)O. The minimum Gasteiger partial charge on any atom is -0.322 e. The number of halogens is 3. The summed E-state index contributed by atoms with van der Waals surface area (Å²) in [5.41, 5.74) is 0.406. The van der Waals surface area contributed by atoms with Crippen LogP contribution >= 0.6 is 34.8 Å². The molecular formula is C15H14Cl3N2O4S+. The van der Waals surface area contributed by atoms with Crippen LogP contribution in [0.15, 0.2) is 36.4 Å². The second-order valence-electron chi connectivity index (χ2n) is 5.54. The van der Waals surface area contributed by atoms with Crippen molar-refractivity contribution in [3.8, 4) is 0 Å². The monoisotopic (exact) mass is 423 g/mol. The molecule has 134 valence electrons.